The zero-order chi connectivity index (χ0) is 27.8. The zero-order valence-corrected chi connectivity index (χ0v) is 21.1. The Hall–Kier alpha value is -4.26. The van der Waals surface area contributed by atoms with Crippen LogP contribution in [0.3, 0.4) is 0 Å². The molecule has 0 saturated carbocycles. The van der Waals surface area contributed by atoms with Crippen LogP contribution in [-0.2, 0) is 22.6 Å². The number of alkyl halides is 3. The molecule has 2 heterocycles. The first kappa shape index (κ1) is 26.8. The summed E-state index contributed by atoms with van der Waals surface area (Å²) in [5, 5.41) is 10.3. The van der Waals surface area contributed by atoms with E-state index >= 15 is 0 Å². The molecule has 2 aromatic carbocycles. The van der Waals surface area contributed by atoms with Crippen molar-refractivity contribution < 1.29 is 30.8 Å². The Labute approximate surface area is 214 Å². The molecule has 198 valence electrons. The molecule has 0 radical (unpaired) electrons. The molecule has 1 amide bonds. The number of rotatable bonds is 6. The van der Waals surface area contributed by atoms with E-state index in [0.717, 1.165) is 29.0 Å². The molecule has 38 heavy (non-hydrogen) atoms. The molecule has 2 aromatic heterocycles. The van der Waals surface area contributed by atoms with Crippen LogP contribution in [0.1, 0.15) is 33.1 Å². The van der Waals surface area contributed by atoms with Crippen LogP contribution in [-0.4, -0.2) is 35.3 Å². The second kappa shape index (κ2) is 9.89. The highest BCUT2D eigenvalue weighted by atomic mass is 32.2. The Morgan fingerprint density at radius 2 is 1.74 bits per heavy atom. The maximum absolute atomic E-state index is 13.4. The van der Waals surface area contributed by atoms with Crippen LogP contribution < -0.4 is 10.9 Å². The smallest absolute Gasteiger partial charge is 0.416 e. The number of sulfone groups is 1. The van der Waals surface area contributed by atoms with Gasteiger partial charge in [0.2, 0.25) is 11.8 Å². The predicted octanol–water partition coefficient (Wildman–Crippen LogP) is 3.86. The van der Waals surface area contributed by atoms with Crippen molar-refractivity contribution in [1.82, 2.24) is 20.1 Å². The average Bonchev–Trinajstić information content (AvgIpc) is 3.28. The minimum absolute atomic E-state index is 0.0221. The van der Waals surface area contributed by atoms with Gasteiger partial charge in [0, 0.05) is 31.1 Å². The number of carbonyl (C=O) groups is 1. The molecule has 0 aliphatic carbocycles. The zero-order valence-electron chi connectivity index (χ0n) is 20.3. The number of carbonyl (C=O) groups excluding carboxylic acids is 1. The third-order valence-electron chi connectivity index (χ3n) is 5.68. The van der Waals surface area contributed by atoms with E-state index in [-0.39, 0.29) is 45.7 Å². The third-order valence-corrected chi connectivity index (χ3v) is 6.81. The van der Waals surface area contributed by atoms with Crippen LogP contribution in [0.2, 0.25) is 0 Å². The SMILES string of the molecule is Cc1nnc(-c2cc(C(=O)NCc3ccc(S(C)(=O)=O)cc3)c(=O)n(-c3cccc(C(F)(F)F)c3)c2C)o1. The molecule has 4 aromatic rings. The van der Waals surface area contributed by atoms with Gasteiger partial charge in [0.1, 0.15) is 5.56 Å². The fourth-order valence-electron chi connectivity index (χ4n) is 3.75. The summed E-state index contributed by atoms with van der Waals surface area (Å²) in [7, 11) is -3.40. The van der Waals surface area contributed by atoms with Crippen LogP contribution in [0, 0.1) is 13.8 Å². The molecule has 13 heteroatoms. The van der Waals surface area contributed by atoms with Gasteiger partial charge >= 0.3 is 6.18 Å². The number of halogens is 3. The van der Waals surface area contributed by atoms with E-state index in [0.29, 0.717) is 5.56 Å². The van der Waals surface area contributed by atoms with Crippen LogP contribution in [0.25, 0.3) is 17.1 Å². The fourth-order valence-corrected chi connectivity index (χ4v) is 4.38. The molecule has 0 bridgehead atoms. The van der Waals surface area contributed by atoms with E-state index in [1.165, 1.54) is 50.2 Å². The Bertz CT molecular complexity index is 1690. The van der Waals surface area contributed by atoms with E-state index in [9.17, 15) is 31.2 Å². The molecule has 9 nitrogen and oxygen atoms in total. The van der Waals surface area contributed by atoms with Gasteiger partial charge in [-0.3, -0.25) is 14.2 Å². The van der Waals surface area contributed by atoms with E-state index in [4.69, 9.17) is 4.42 Å². The second-order valence-corrected chi connectivity index (χ2v) is 10.5. The average molecular weight is 547 g/mol. The quantitative estimate of drug-likeness (QED) is 0.390. The summed E-state index contributed by atoms with van der Waals surface area (Å²) >= 11 is 0. The van der Waals surface area contributed by atoms with Gasteiger partial charge in [0.05, 0.1) is 16.0 Å². The standard InChI is InChI=1S/C25H21F3N4O5S/c1-14-20(23-31-30-15(2)37-23)12-21(22(33)29-13-16-7-9-19(10-8-16)38(3,35)36)24(34)32(14)18-6-4-5-17(11-18)25(26,27)28/h4-12H,13H2,1-3H3,(H,29,33). The van der Waals surface area contributed by atoms with Crippen LogP contribution in [0.15, 0.2) is 68.7 Å². The number of aromatic nitrogens is 3. The van der Waals surface area contributed by atoms with Gasteiger partial charge in [0.25, 0.3) is 11.5 Å². The topological polar surface area (TPSA) is 124 Å². The van der Waals surface area contributed by atoms with Crippen LogP contribution in [0.4, 0.5) is 13.2 Å². The first-order valence-corrected chi connectivity index (χ1v) is 13.0. The maximum Gasteiger partial charge on any atom is 0.416 e. The lowest BCUT2D eigenvalue weighted by Crippen LogP contribution is -2.33. The largest absolute Gasteiger partial charge is 0.421 e. The molecule has 0 aliphatic rings. The second-order valence-electron chi connectivity index (χ2n) is 8.47. The third kappa shape index (κ3) is 5.52. The normalized spacial score (nSPS) is 11.9. The highest BCUT2D eigenvalue weighted by Gasteiger charge is 2.31. The van der Waals surface area contributed by atoms with Gasteiger partial charge < -0.3 is 9.73 Å². The Balaban J connectivity index is 1.77. The van der Waals surface area contributed by atoms with Gasteiger partial charge in [-0.1, -0.05) is 18.2 Å². The maximum atomic E-state index is 13.4. The van der Waals surface area contributed by atoms with Gasteiger partial charge in [-0.05, 0) is 48.9 Å². The van der Waals surface area contributed by atoms with Crippen molar-refractivity contribution in [2.45, 2.75) is 31.5 Å². The number of pyridine rings is 1. The van der Waals surface area contributed by atoms with Crippen molar-refractivity contribution in [2.24, 2.45) is 0 Å². The number of nitrogens with one attached hydrogen (secondary N) is 1. The molecule has 4 rings (SSSR count). The summed E-state index contributed by atoms with van der Waals surface area (Å²) in [6.45, 7) is 2.98. The first-order valence-electron chi connectivity index (χ1n) is 11.1. The van der Waals surface area contributed by atoms with Crippen LogP contribution in [0.5, 0.6) is 0 Å². The minimum atomic E-state index is -4.65. The van der Waals surface area contributed by atoms with Gasteiger partial charge in [-0.2, -0.15) is 13.2 Å². The van der Waals surface area contributed by atoms with Gasteiger partial charge in [0.15, 0.2) is 9.84 Å². The van der Waals surface area contributed by atoms with Crippen molar-refractivity contribution in [2.75, 3.05) is 6.26 Å². The number of amides is 1. The Morgan fingerprint density at radius 1 is 1.05 bits per heavy atom. The van der Waals surface area contributed by atoms with Gasteiger partial charge in [-0.25, -0.2) is 8.42 Å². The van der Waals surface area contributed by atoms with Gasteiger partial charge in [-0.15, -0.1) is 10.2 Å². The van der Waals surface area contributed by atoms with Crippen molar-refractivity contribution in [3.8, 4) is 17.1 Å². The highest BCUT2D eigenvalue weighted by Crippen LogP contribution is 2.31. The highest BCUT2D eigenvalue weighted by molar-refractivity contribution is 7.90. The molecule has 0 aliphatic heterocycles. The summed E-state index contributed by atoms with van der Waals surface area (Å²) in [5.41, 5.74) is -1.37. The molecule has 0 saturated heterocycles. The van der Waals surface area contributed by atoms with Crippen molar-refractivity contribution in [1.29, 1.82) is 0 Å². The van der Waals surface area contributed by atoms with E-state index in [1.807, 2.05) is 0 Å². The van der Waals surface area contributed by atoms with E-state index < -0.39 is 33.0 Å². The lowest BCUT2D eigenvalue weighted by molar-refractivity contribution is -0.137. The summed E-state index contributed by atoms with van der Waals surface area (Å²) in [5.74, 6) is -0.619. The lowest BCUT2D eigenvalue weighted by atomic mass is 10.1. The van der Waals surface area contributed by atoms with E-state index in [1.54, 1.807) is 0 Å². The molecular weight excluding hydrogens is 525 g/mol. The summed E-state index contributed by atoms with van der Waals surface area (Å²) in [6.07, 6.45) is -3.58. The Kier molecular flexibility index (Phi) is 6.98. The molecule has 0 unspecified atom stereocenters. The van der Waals surface area contributed by atoms with E-state index in [2.05, 4.69) is 15.5 Å². The minimum Gasteiger partial charge on any atom is -0.421 e. The summed E-state index contributed by atoms with van der Waals surface area (Å²) in [4.78, 5) is 26.6. The van der Waals surface area contributed by atoms with Crippen LogP contribution >= 0.6 is 0 Å². The number of hydrogen-bond donors (Lipinski definition) is 1. The monoisotopic (exact) mass is 546 g/mol. The van der Waals surface area contributed by atoms with Crippen molar-refractivity contribution in [3.63, 3.8) is 0 Å². The Morgan fingerprint density at radius 3 is 2.32 bits per heavy atom. The number of nitrogens with zero attached hydrogens (tertiary/aromatic N) is 3. The first-order chi connectivity index (χ1) is 17.8. The predicted molar refractivity (Wildman–Crippen MR) is 131 cm³/mol. The molecule has 0 spiro atoms. The number of hydrogen-bond acceptors (Lipinski definition) is 7. The molecule has 0 fully saturated rings. The molecule has 1 N–H and O–H groups in total. The van der Waals surface area contributed by atoms with Crippen molar-refractivity contribution >= 4 is 15.7 Å². The summed E-state index contributed by atoms with van der Waals surface area (Å²) < 4.78 is 69.9. The lowest BCUT2D eigenvalue weighted by Gasteiger charge is -2.16. The number of aryl methyl sites for hydroxylation is 1. The molecular formula is C25H21F3N4O5S. The number of benzene rings is 2. The summed E-state index contributed by atoms with van der Waals surface area (Å²) in [6, 6.07) is 11.2. The fraction of sp³-hybridized carbons (Fsp3) is 0.200. The molecule has 0 atom stereocenters. The van der Waals surface area contributed by atoms with Crippen molar-refractivity contribution in [3.05, 3.63) is 93.2 Å².